The molecule has 0 radical (unpaired) electrons. The summed E-state index contributed by atoms with van der Waals surface area (Å²) >= 11 is 0. The lowest BCUT2D eigenvalue weighted by Gasteiger charge is -2.30. The Morgan fingerprint density at radius 2 is 1.78 bits per heavy atom. The van der Waals surface area contributed by atoms with Crippen molar-refractivity contribution < 1.29 is 17.9 Å². The predicted molar refractivity (Wildman–Crippen MR) is 104 cm³/mol. The average Bonchev–Trinajstić information content (AvgIpc) is 2.69. The largest absolute Gasteiger partial charge is 0.379 e. The zero-order chi connectivity index (χ0) is 19.3. The number of ether oxygens (including phenoxy) is 1. The fraction of sp³-hybridized carbons (Fsp3) is 0.632. The summed E-state index contributed by atoms with van der Waals surface area (Å²) < 4.78 is 31.9. The number of amides is 1. The van der Waals surface area contributed by atoms with E-state index in [1.54, 1.807) is 24.3 Å². The predicted octanol–water partition coefficient (Wildman–Crippen LogP) is 1.91. The third-order valence-corrected chi connectivity index (χ3v) is 7.25. The third-order valence-electron chi connectivity index (χ3n) is 5.34. The van der Waals surface area contributed by atoms with E-state index in [4.69, 9.17) is 4.74 Å². The molecule has 1 saturated carbocycles. The van der Waals surface area contributed by atoms with Crippen LogP contribution in [-0.2, 0) is 19.6 Å². The highest BCUT2D eigenvalue weighted by Crippen LogP contribution is 2.22. The number of nitrogens with one attached hydrogen (secondary N) is 1. The van der Waals surface area contributed by atoms with E-state index in [0.29, 0.717) is 44.6 Å². The number of hydrogen-bond donors (Lipinski definition) is 1. The normalized spacial score (nSPS) is 19.9. The van der Waals surface area contributed by atoms with Crippen LogP contribution < -0.4 is 5.32 Å². The Bertz CT molecular complexity index is 724. The molecular weight excluding hydrogens is 366 g/mol. The zero-order valence-corrected chi connectivity index (χ0v) is 16.7. The van der Waals surface area contributed by atoms with Crippen molar-refractivity contribution in [1.82, 2.24) is 9.21 Å². The molecule has 0 spiro atoms. The number of sulfonamides is 1. The summed E-state index contributed by atoms with van der Waals surface area (Å²) in [5.41, 5.74) is 0.609. The molecular formula is C19H29N3O4S. The van der Waals surface area contributed by atoms with Crippen LogP contribution in [0.3, 0.4) is 0 Å². The molecule has 0 bridgehead atoms. The lowest BCUT2D eigenvalue weighted by molar-refractivity contribution is -0.117. The Hall–Kier alpha value is -1.48. The van der Waals surface area contributed by atoms with Gasteiger partial charge in [0.05, 0.1) is 24.7 Å². The smallest absolute Gasteiger partial charge is 0.243 e. The number of anilines is 1. The standard InChI is InChI=1S/C19H29N3O4S/c1-21(17-5-3-2-4-6-17)15-19(23)20-16-7-9-18(10-8-16)27(24,25)22-11-13-26-14-12-22/h7-10,17H,2-6,11-15H2,1H3,(H,20,23). The van der Waals surface area contributed by atoms with Gasteiger partial charge in [0.1, 0.15) is 0 Å². The van der Waals surface area contributed by atoms with Gasteiger partial charge in [0.15, 0.2) is 0 Å². The molecule has 1 aromatic rings. The van der Waals surface area contributed by atoms with E-state index in [-0.39, 0.29) is 10.8 Å². The van der Waals surface area contributed by atoms with Crippen molar-refractivity contribution in [3.05, 3.63) is 24.3 Å². The minimum atomic E-state index is -3.51. The van der Waals surface area contributed by atoms with Gasteiger partial charge in [-0.15, -0.1) is 0 Å². The van der Waals surface area contributed by atoms with Gasteiger partial charge in [0, 0.05) is 24.8 Å². The van der Waals surface area contributed by atoms with Gasteiger partial charge in [-0.3, -0.25) is 9.69 Å². The van der Waals surface area contributed by atoms with Crippen molar-refractivity contribution in [2.75, 3.05) is 45.2 Å². The topological polar surface area (TPSA) is 79.0 Å². The first kappa shape index (κ1) is 20.3. The van der Waals surface area contributed by atoms with Crippen LogP contribution in [0, 0.1) is 0 Å². The van der Waals surface area contributed by atoms with Gasteiger partial charge in [-0.25, -0.2) is 8.42 Å². The van der Waals surface area contributed by atoms with E-state index >= 15 is 0 Å². The molecule has 2 fully saturated rings. The van der Waals surface area contributed by atoms with Crippen molar-refractivity contribution in [3.8, 4) is 0 Å². The van der Waals surface area contributed by atoms with Crippen LogP contribution in [0.2, 0.25) is 0 Å². The van der Waals surface area contributed by atoms with Crippen LogP contribution in [0.15, 0.2) is 29.2 Å². The Labute approximate surface area is 161 Å². The number of rotatable bonds is 6. The molecule has 8 heteroatoms. The average molecular weight is 396 g/mol. The SMILES string of the molecule is CN(CC(=O)Nc1ccc(S(=O)(=O)N2CCOCC2)cc1)C1CCCCC1. The Balaban J connectivity index is 1.56. The van der Waals surface area contributed by atoms with Crippen molar-refractivity contribution in [2.24, 2.45) is 0 Å². The van der Waals surface area contributed by atoms with Crippen LogP contribution in [-0.4, -0.2) is 69.5 Å². The number of nitrogens with zero attached hydrogens (tertiary/aromatic N) is 2. The van der Waals surface area contributed by atoms with Crippen molar-refractivity contribution >= 4 is 21.6 Å². The highest BCUT2D eigenvalue weighted by molar-refractivity contribution is 7.89. The molecule has 7 nitrogen and oxygen atoms in total. The first-order valence-corrected chi connectivity index (χ1v) is 11.1. The molecule has 27 heavy (non-hydrogen) atoms. The molecule has 1 N–H and O–H groups in total. The van der Waals surface area contributed by atoms with Crippen LogP contribution in [0.5, 0.6) is 0 Å². The van der Waals surface area contributed by atoms with Gasteiger partial charge in [-0.05, 0) is 44.2 Å². The summed E-state index contributed by atoms with van der Waals surface area (Å²) in [5.74, 6) is -0.0770. The molecule has 1 aliphatic heterocycles. The van der Waals surface area contributed by atoms with E-state index in [1.165, 1.54) is 23.6 Å². The summed E-state index contributed by atoms with van der Waals surface area (Å²) in [6.07, 6.45) is 6.05. The first-order valence-electron chi connectivity index (χ1n) is 9.65. The van der Waals surface area contributed by atoms with E-state index in [1.807, 2.05) is 7.05 Å². The first-order chi connectivity index (χ1) is 13.0. The molecule has 1 aliphatic carbocycles. The van der Waals surface area contributed by atoms with E-state index in [2.05, 4.69) is 10.2 Å². The molecule has 1 aromatic carbocycles. The maximum atomic E-state index is 12.6. The van der Waals surface area contributed by atoms with Crippen molar-refractivity contribution in [3.63, 3.8) is 0 Å². The third kappa shape index (κ3) is 5.28. The number of carbonyl (C=O) groups is 1. The van der Waals surface area contributed by atoms with Gasteiger partial charge in [0.25, 0.3) is 0 Å². The van der Waals surface area contributed by atoms with Crippen LogP contribution >= 0.6 is 0 Å². The van der Waals surface area contributed by atoms with Crippen molar-refractivity contribution in [2.45, 2.75) is 43.0 Å². The molecule has 1 heterocycles. The van der Waals surface area contributed by atoms with Crippen LogP contribution in [0.4, 0.5) is 5.69 Å². The molecule has 3 rings (SSSR count). The summed E-state index contributed by atoms with van der Waals surface area (Å²) in [5, 5.41) is 2.86. The molecule has 0 atom stereocenters. The molecule has 1 amide bonds. The van der Waals surface area contributed by atoms with Crippen molar-refractivity contribution in [1.29, 1.82) is 0 Å². The second kappa shape index (κ2) is 9.14. The minimum absolute atomic E-state index is 0.0770. The second-order valence-corrected chi connectivity index (χ2v) is 9.23. The van der Waals surface area contributed by atoms with Crippen LogP contribution in [0.1, 0.15) is 32.1 Å². The lowest BCUT2D eigenvalue weighted by atomic mass is 9.94. The molecule has 0 unspecified atom stereocenters. The number of likely N-dealkylation sites (N-methyl/N-ethyl adjacent to an activating group) is 1. The molecule has 150 valence electrons. The molecule has 1 saturated heterocycles. The van der Waals surface area contributed by atoms with E-state index in [0.717, 1.165) is 12.8 Å². The summed E-state index contributed by atoms with van der Waals surface area (Å²) in [7, 11) is -1.51. The summed E-state index contributed by atoms with van der Waals surface area (Å²) in [6.45, 7) is 1.92. The zero-order valence-electron chi connectivity index (χ0n) is 15.9. The van der Waals surface area contributed by atoms with E-state index in [9.17, 15) is 13.2 Å². The fourth-order valence-corrected chi connectivity index (χ4v) is 5.13. The summed E-state index contributed by atoms with van der Waals surface area (Å²) in [6, 6.07) is 6.86. The Morgan fingerprint density at radius 1 is 1.15 bits per heavy atom. The number of hydrogen-bond acceptors (Lipinski definition) is 5. The van der Waals surface area contributed by atoms with Gasteiger partial charge in [-0.2, -0.15) is 4.31 Å². The Morgan fingerprint density at radius 3 is 2.41 bits per heavy atom. The Kier molecular flexibility index (Phi) is 6.86. The van der Waals surface area contributed by atoms with Gasteiger partial charge >= 0.3 is 0 Å². The summed E-state index contributed by atoms with van der Waals surface area (Å²) in [4.78, 5) is 14.7. The lowest BCUT2D eigenvalue weighted by Crippen LogP contribution is -2.40. The molecule has 0 aromatic heterocycles. The quantitative estimate of drug-likeness (QED) is 0.796. The maximum Gasteiger partial charge on any atom is 0.243 e. The number of benzene rings is 1. The maximum absolute atomic E-state index is 12.6. The van der Waals surface area contributed by atoms with E-state index < -0.39 is 10.0 Å². The highest BCUT2D eigenvalue weighted by Gasteiger charge is 2.26. The number of carbonyl (C=O) groups excluding carboxylic acids is 1. The van der Waals surface area contributed by atoms with Gasteiger partial charge < -0.3 is 10.1 Å². The minimum Gasteiger partial charge on any atom is -0.379 e. The van der Waals surface area contributed by atoms with Gasteiger partial charge in [0.2, 0.25) is 15.9 Å². The monoisotopic (exact) mass is 395 g/mol. The highest BCUT2D eigenvalue weighted by atomic mass is 32.2. The van der Waals surface area contributed by atoms with Gasteiger partial charge in [-0.1, -0.05) is 19.3 Å². The second-order valence-electron chi connectivity index (χ2n) is 7.30. The van der Waals surface area contributed by atoms with Crippen LogP contribution in [0.25, 0.3) is 0 Å². The fourth-order valence-electron chi connectivity index (χ4n) is 3.72. The molecule has 2 aliphatic rings. The number of morpholine rings is 1.